The Labute approximate surface area is 181 Å². The van der Waals surface area contributed by atoms with Crippen LogP contribution in [-0.4, -0.2) is 37.0 Å². The van der Waals surface area contributed by atoms with Crippen molar-refractivity contribution in [2.24, 2.45) is 0 Å². The van der Waals surface area contributed by atoms with E-state index in [1.165, 1.54) is 5.56 Å². The first-order valence-electron chi connectivity index (χ1n) is 10.2. The van der Waals surface area contributed by atoms with Crippen LogP contribution < -0.4 is 14.8 Å². The van der Waals surface area contributed by atoms with Crippen LogP contribution in [0.25, 0.3) is 0 Å². The normalized spacial score (nSPS) is 13.1. The van der Waals surface area contributed by atoms with Crippen LogP contribution in [0.3, 0.4) is 0 Å². The summed E-state index contributed by atoms with van der Waals surface area (Å²) < 4.78 is 10.9. The van der Waals surface area contributed by atoms with Crippen molar-refractivity contribution in [3.63, 3.8) is 0 Å². The van der Waals surface area contributed by atoms with Gasteiger partial charge in [0.05, 0.1) is 7.11 Å². The minimum atomic E-state index is -0.231. The average molecular weight is 416 g/mol. The van der Waals surface area contributed by atoms with Crippen molar-refractivity contribution in [1.29, 1.82) is 0 Å². The van der Waals surface area contributed by atoms with Gasteiger partial charge in [0, 0.05) is 29.9 Å². The van der Waals surface area contributed by atoms with Crippen molar-refractivity contribution in [3.05, 3.63) is 89.5 Å². The van der Waals surface area contributed by atoms with Gasteiger partial charge >= 0.3 is 0 Å². The smallest absolute Gasteiger partial charge is 0.260 e. The highest BCUT2D eigenvalue weighted by Gasteiger charge is 2.22. The lowest BCUT2D eigenvalue weighted by molar-refractivity contribution is -0.133. The Kier molecular flexibility index (Phi) is 6.17. The largest absolute Gasteiger partial charge is 0.497 e. The van der Waals surface area contributed by atoms with Crippen LogP contribution in [0.2, 0.25) is 0 Å². The van der Waals surface area contributed by atoms with Crippen molar-refractivity contribution >= 4 is 17.5 Å². The molecule has 0 fully saturated rings. The number of fused-ring (bicyclic) bond motifs is 1. The molecule has 1 N–H and O–H groups in total. The molecule has 3 aromatic rings. The SMILES string of the molecule is COc1cccc(C(=O)Nc2ccc3c(c2)CN(CCc2ccccc2)C(=O)CO3)c1. The number of nitrogens with one attached hydrogen (secondary N) is 1. The summed E-state index contributed by atoms with van der Waals surface area (Å²) in [5.74, 6) is 1.00. The van der Waals surface area contributed by atoms with Crippen LogP contribution in [0, 0.1) is 0 Å². The Balaban J connectivity index is 1.48. The summed E-state index contributed by atoms with van der Waals surface area (Å²) in [5.41, 5.74) is 3.19. The molecule has 0 radical (unpaired) electrons. The number of amides is 2. The molecule has 0 atom stereocenters. The first-order valence-corrected chi connectivity index (χ1v) is 10.2. The van der Waals surface area contributed by atoms with Gasteiger partial charge in [-0.2, -0.15) is 0 Å². The van der Waals surface area contributed by atoms with Crippen molar-refractivity contribution in [2.45, 2.75) is 13.0 Å². The standard InChI is InChI=1S/C25H24N2O4/c1-30-22-9-5-8-19(15-22)25(29)26-21-10-11-23-20(14-21)16-27(24(28)17-31-23)13-12-18-6-3-2-4-7-18/h2-11,14-15H,12-13,16-17H2,1H3,(H,26,29). The minimum Gasteiger partial charge on any atom is -0.497 e. The third kappa shape index (κ3) is 5.04. The van der Waals surface area contributed by atoms with Crippen LogP contribution in [0.15, 0.2) is 72.8 Å². The van der Waals surface area contributed by atoms with Crippen molar-refractivity contribution in [2.75, 3.05) is 25.6 Å². The molecule has 3 aromatic carbocycles. The number of hydrogen-bond donors (Lipinski definition) is 1. The summed E-state index contributed by atoms with van der Waals surface area (Å²) in [6, 6.07) is 22.5. The summed E-state index contributed by atoms with van der Waals surface area (Å²) in [4.78, 5) is 27.0. The fourth-order valence-electron chi connectivity index (χ4n) is 3.53. The molecule has 158 valence electrons. The van der Waals surface area contributed by atoms with E-state index in [2.05, 4.69) is 17.4 Å². The topological polar surface area (TPSA) is 67.9 Å². The average Bonchev–Trinajstić information content (AvgIpc) is 2.96. The molecule has 1 aliphatic heterocycles. The molecule has 1 aliphatic rings. The number of ether oxygens (including phenoxy) is 2. The number of benzene rings is 3. The molecule has 2 amide bonds. The Morgan fingerprint density at radius 3 is 2.71 bits per heavy atom. The zero-order chi connectivity index (χ0) is 21.6. The maximum absolute atomic E-state index is 12.6. The van der Waals surface area contributed by atoms with Crippen LogP contribution in [0.5, 0.6) is 11.5 Å². The number of nitrogens with zero attached hydrogens (tertiary/aromatic N) is 1. The molecule has 0 aliphatic carbocycles. The molecule has 0 unspecified atom stereocenters. The first-order chi connectivity index (χ1) is 15.1. The van der Waals surface area contributed by atoms with E-state index in [-0.39, 0.29) is 18.4 Å². The van der Waals surface area contributed by atoms with Gasteiger partial charge in [0.2, 0.25) is 0 Å². The second kappa shape index (κ2) is 9.34. The van der Waals surface area contributed by atoms with Crippen molar-refractivity contribution in [1.82, 2.24) is 4.90 Å². The molecule has 6 heteroatoms. The number of methoxy groups -OCH3 is 1. The molecule has 4 rings (SSSR count). The van der Waals surface area contributed by atoms with E-state index in [9.17, 15) is 9.59 Å². The fourth-order valence-corrected chi connectivity index (χ4v) is 3.53. The van der Waals surface area contributed by atoms with E-state index in [0.29, 0.717) is 35.8 Å². The summed E-state index contributed by atoms with van der Waals surface area (Å²) in [7, 11) is 1.56. The number of carbonyl (C=O) groups excluding carboxylic acids is 2. The molecular weight excluding hydrogens is 392 g/mol. The van der Waals surface area contributed by atoms with Crippen LogP contribution in [-0.2, 0) is 17.8 Å². The number of rotatable bonds is 6. The summed E-state index contributed by atoms with van der Waals surface area (Å²) in [5, 5.41) is 2.91. The molecule has 0 saturated heterocycles. The molecule has 31 heavy (non-hydrogen) atoms. The fraction of sp³-hybridized carbons (Fsp3) is 0.200. The van der Waals surface area contributed by atoms with Gasteiger partial charge in [-0.15, -0.1) is 0 Å². The van der Waals surface area contributed by atoms with Crippen molar-refractivity contribution < 1.29 is 19.1 Å². The van der Waals surface area contributed by atoms with Crippen LogP contribution >= 0.6 is 0 Å². The lowest BCUT2D eigenvalue weighted by Gasteiger charge is -2.20. The third-order valence-electron chi connectivity index (χ3n) is 5.23. The Bertz CT molecular complexity index is 1080. The molecule has 6 nitrogen and oxygen atoms in total. The lowest BCUT2D eigenvalue weighted by Crippen LogP contribution is -2.34. The van der Waals surface area contributed by atoms with Gasteiger partial charge in [-0.3, -0.25) is 9.59 Å². The Hall–Kier alpha value is -3.80. The summed E-state index contributed by atoms with van der Waals surface area (Å²) >= 11 is 0. The molecule has 0 bridgehead atoms. The Morgan fingerprint density at radius 1 is 1.06 bits per heavy atom. The number of carbonyl (C=O) groups is 2. The Morgan fingerprint density at radius 2 is 1.90 bits per heavy atom. The molecule has 1 heterocycles. The maximum atomic E-state index is 12.6. The van der Waals surface area contributed by atoms with E-state index in [1.807, 2.05) is 24.3 Å². The van der Waals surface area contributed by atoms with E-state index in [0.717, 1.165) is 12.0 Å². The van der Waals surface area contributed by atoms with Gasteiger partial charge in [-0.25, -0.2) is 0 Å². The predicted molar refractivity (Wildman–Crippen MR) is 118 cm³/mol. The quantitative estimate of drug-likeness (QED) is 0.662. The zero-order valence-corrected chi connectivity index (χ0v) is 17.3. The molecule has 0 aromatic heterocycles. The highest BCUT2D eigenvalue weighted by Crippen LogP contribution is 2.27. The van der Waals surface area contributed by atoms with Gasteiger partial charge in [-0.05, 0) is 48.4 Å². The van der Waals surface area contributed by atoms with E-state index in [4.69, 9.17) is 9.47 Å². The van der Waals surface area contributed by atoms with E-state index >= 15 is 0 Å². The van der Waals surface area contributed by atoms with Gasteiger partial charge in [0.15, 0.2) is 6.61 Å². The van der Waals surface area contributed by atoms with Crippen LogP contribution in [0.4, 0.5) is 5.69 Å². The van der Waals surface area contributed by atoms with Crippen molar-refractivity contribution in [3.8, 4) is 11.5 Å². The monoisotopic (exact) mass is 416 g/mol. The predicted octanol–water partition coefficient (Wildman–Crippen LogP) is 3.91. The second-order valence-electron chi connectivity index (χ2n) is 7.35. The van der Waals surface area contributed by atoms with Gasteiger partial charge < -0.3 is 19.7 Å². The highest BCUT2D eigenvalue weighted by molar-refractivity contribution is 6.04. The number of anilines is 1. The van der Waals surface area contributed by atoms with E-state index in [1.54, 1.807) is 48.4 Å². The van der Waals surface area contributed by atoms with Gasteiger partial charge in [0.25, 0.3) is 11.8 Å². The zero-order valence-electron chi connectivity index (χ0n) is 17.3. The van der Waals surface area contributed by atoms with Crippen LogP contribution in [0.1, 0.15) is 21.5 Å². The summed E-state index contributed by atoms with van der Waals surface area (Å²) in [6.45, 7) is 1.05. The molecule has 0 saturated carbocycles. The maximum Gasteiger partial charge on any atom is 0.260 e. The first kappa shape index (κ1) is 20.5. The third-order valence-corrected chi connectivity index (χ3v) is 5.23. The lowest BCUT2D eigenvalue weighted by atomic mass is 10.1. The van der Waals surface area contributed by atoms with Gasteiger partial charge in [0.1, 0.15) is 11.5 Å². The summed E-state index contributed by atoms with van der Waals surface area (Å²) in [6.07, 6.45) is 0.772. The molecule has 0 spiro atoms. The molecular formula is C25H24N2O4. The number of hydrogen-bond acceptors (Lipinski definition) is 4. The van der Waals surface area contributed by atoms with Gasteiger partial charge in [-0.1, -0.05) is 36.4 Å². The minimum absolute atomic E-state index is 0.0112. The van der Waals surface area contributed by atoms with E-state index < -0.39 is 0 Å². The second-order valence-corrected chi connectivity index (χ2v) is 7.35. The highest BCUT2D eigenvalue weighted by atomic mass is 16.5.